The van der Waals surface area contributed by atoms with E-state index < -0.39 is 0 Å². The maximum atomic E-state index is 9.42. The van der Waals surface area contributed by atoms with Crippen LogP contribution in [0, 0.1) is 0 Å². The molecule has 0 atom stereocenters. The van der Waals surface area contributed by atoms with Gasteiger partial charge in [-0.05, 0) is 19.8 Å². The summed E-state index contributed by atoms with van der Waals surface area (Å²) in [5.41, 5.74) is 0. The Morgan fingerprint density at radius 1 is 1.33 bits per heavy atom. The summed E-state index contributed by atoms with van der Waals surface area (Å²) < 4.78 is 5.54. The summed E-state index contributed by atoms with van der Waals surface area (Å²) >= 11 is 0. The van der Waals surface area contributed by atoms with Gasteiger partial charge in [-0.3, -0.25) is 0 Å². The van der Waals surface area contributed by atoms with Crippen molar-refractivity contribution in [3.63, 3.8) is 0 Å². The number of aliphatic hydroxyl groups excluding tert-OH is 1. The lowest BCUT2D eigenvalue weighted by Gasteiger charge is -2.35. The van der Waals surface area contributed by atoms with Gasteiger partial charge in [0.15, 0.2) is 11.6 Å². The Morgan fingerprint density at radius 3 is 2.71 bits per heavy atom. The number of hydrogen-bond donors (Lipinski definition) is 2. The fraction of sp³-hybridized carbons (Fsp3) is 0.733. The zero-order valence-electron chi connectivity index (χ0n) is 13.0. The van der Waals surface area contributed by atoms with E-state index in [1.165, 1.54) is 19.3 Å². The van der Waals surface area contributed by atoms with Gasteiger partial charge in [-0.1, -0.05) is 19.3 Å². The smallest absolute Gasteiger partial charge is 0.204 e. The van der Waals surface area contributed by atoms with Gasteiger partial charge in [-0.2, -0.15) is 0 Å². The van der Waals surface area contributed by atoms with Gasteiger partial charge in [-0.25, -0.2) is 9.97 Å². The lowest BCUT2D eigenvalue weighted by Crippen LogP contribution is -2.39. The quantitative estimate of drug-likeness (QED) is 0.802. The SMILES string of the molecule is CCNc1ncnc(N(CCO)C2CCCCC2)c1OC. The van der Waals surface area contributed by atoms with Crippen LogP contribution in [0.15, 0.2) is 6.33 Å². The molecule has 1 aromatic rings. The van der Waals surface area contributed by atoms with Crippen molar-refractivity contribution in [2.75, 3.05) is 37.0 Å². The van der Waals surface area contributed by atoms with Gasteiger partial charge in [0, 0.05) is 19.1 Å². The second-order valence-corrected chi connectivity index (χ2v) is 5.32. The zero-order valence-corrected chi connectivity index (χ0v) is 13.0. The van der Waals surface area contributed by atoms with E-state index in [-0.39, 0.29) is 6.61 Å². The van der Waals surface area contributed by atoms with Crippen LogP contribution in [0.25, 0.3) is 0 Å². The molecule has 118 valence electrons. The molecule has 0 spiro atoms. The first kappa shape index (κ1) is 15.8. The van der Waals surface area contributed by atoms with Gasteiger partial charge in [0.1, 0.15) is 6.33 Å². The third-order valence-corrected chi connectivity index (χ3v) is 3.96. The molecule has 0 aromatic carbocycles. The van der Waals surface area contributed by atoms with E-state index in [1.807, 2.05) is 6.92 Å². The van der Waals surface area contributed by atoms with Gasteiger partial charge >= 0.3 is 0 Å². The van der Waals surface area contributed by atoms with Crippen molar-refractivity contribution in [2.45, 2.75) is 45.1 Å². The minimum absolute atomic E-state index is 0.111. The summed E-state index contributed by atoms with van der Waals surface area (Å²) in [5.74, 6) is 2.16. The second-order valence-electron chi connectivity index (χ2n) is 5.32. The molecular formula is C15H26N4O2. The maximum absolute atomic E-state index is 9.42. The molecular weight excluding hydrogens is 268 g/mol. The van der Waals surface area contributed by atoms with Crippen molar-refractivity contribution >= 4 is 11.6 Å². The third kappa shape index (κ3) is 3.75. The van der Waals surface area contributed by atoms with Crippen LogP contribution >= 0.6 is 0 Å². The Hall–Kier alpha value is -1.56. The van der Waals surface area contributed by atoms with Crippen molar-refractivity contribution in [3.05, 3.63) is 6.33 Å². The van der Waals surface area contributed by atoms with Crippen molar-refractivity contribution in [3.8, 4) is 5.75 Å². The lowest BCUT2D eigenvalue weighted by atomic mass is 9.94. The van der Waals surface area contributed by atoms with Crippen LogP contribution in [0.1, 0.15) is 39.0 Å². The molecule has 1 aliphatic carbocycles. The number of aromatic nitrogens is 2. The van der Waals surface area contributed by atoms with E-state index in [4.69, 9.17) is 4.74 Å². The maximum Gasteiger partial charge on any atom is 0.204 e. The molecule has 0 bridgehead atoms. The lowest BCUT2D eigenvalue weighted by molar-refractivity contribution is 0.288. The number of methoxy groups -OCH3 is 1. The first-order valence-electron chi connectivity index (χ1n) is 7.82. The molecule has 2 N–H and O–H groups in total. The highest BCUT2D eigenvalue weighted by Gasteiger charge is 2.26. The van der Waals surface area contributed by atoms with E-state index in [0.29, 0.717) is 24.2 Å². The summed E-state index contributed by atoms with van der Waals surface area (Å²) in [5, 5.41) is 12.6. The normalized spacial score (nSPS) is 15.8. The van der Waals surface area contributed by atoms with Gasteiger partial charge in [0.05, 0.1) is 13.7 Å². The fourth-order valence-electron chi connectivity index (χ4n) is 3.01. The molecule has 1 heterocycles. The predicted octanol–water partition coefficient (Wildman–Crippen LogP) is 2.05. The second kappa shape index (κ2) is 8.02. The molecule has 2 rings (SSSR count). The largest absolute Gasteiger partial charge is 0.490 e. The van der Waals surface area contributed by atoms with E-state index in [2.05, 4.69) is 20.2 Å². The summed E-state index contributed by atoms with van der Waals surface area (Å²) in [6.07, 6.45) is 7.61. The number of anilines is 2. The number of hydrogen-bond acceptors (Lipinski definition) is 6. The molecule has 21 heavy (non-hydrogen) atoms. The fourth-order valence-corrected chi connectivity index (χ4v) is 3.01. The van der Waals surface area contributed by atoms with E-state index in [1.54, 1.807) is 13.4 Å². The van der Waals surface area contributed by atoms with Gasteiger partial charge in [0.2, 0.25) is 5.75 Å². The van der Waals surface area contributed by atoms with Crippen molar-refractivity contribution in [2.24, 2.45) is 0 Å². The molecule has 0 aliphatic heterocycles. The van der Waals surface area contributed by atoms with E-state index in [0.717, 1.165) is 25.2 Å². The Balaban J connectivity index is 2.31. The zero-order chi connectivity index (χ0) is 15.1. The van der Waals surface area contributed by atoms with E-state index >= 15 is 0 Å². The Morgan fingerprint density at radius 2 is 2.10 bits per heavy atom. The van der Waals surface area contributed by atoms with Crippen LogP contribution in [0.4, 0.5) is 11.6 Å². The number of ether oxygens (including phenoxy) is 1. The van der Waals surface area contributed by atoms with Crippen molar-refractivity contribution in [1.29, 1.82) is 0 Å². The summed E-state index contributed by atoms with van der Waals surface area (Å²) in [6.45, 7) is 3.48. The molecule has 1 saturated carbocycles. The van der Waals surface area contributed by atoms with Crippen LogP contribution in [-0.4, -0.2) is 47.9 Å². The van der Waals surface area contributed by atoms with Crippen molar-refractivity contribution in [1.82, 2.24) is 9.97 Å². The highest BCUT2D eigenvalue weighted by Crippen LogP contribution is 2.35. The molecule has 0 radical (unpaired) electrons. The first-order valence-corrected chi connectivity index (χ1v) is 7.82. The van der Waals surface area contributed by atoms with E-state index in [9.17, 15) is 5.11 Å². The summed E-state index contributed by atoms with van der Waals surface area (Å²) in [6, 6.07) is 0.421. The molecule has 1 aliphatic rings. The highest BCUT2D eigenvalue weighted by molar-refractivity contribution is 5.65. The summed E-state index contributed by atoms with van der Waals surface area (Å²) in [4.78, 5) is 10.9. The van der Waals surface area contributed by atoms with Gasteiger partial charge < -0.3 is 20.1 Å². The Labute approximate surface area is 126 Å². The van der Waals surface area contributed by atoms with Crippen molar-refractivity contribution < 1.29 is 9.84 Å². The van der Waals surface area contributed by atoms with Crippen LogP contribution in [-0.2, 0) is 0 Å². The third-order valence-electron chi connectivity index (χ3n) is 3.96. The highest BCUT2D eigenvalue weighted by atomic mass is 16.5. The molecule has 1 aromatic heterocycles. The average Bonchev–Trinajstić information content (AvgIpc) is 2.53. The Kier molecular flexibility index (Phi) is 6.04. The monoisotopic (exact) mass is 294 g/mol. The van der Waals surface area contributed by atoms with Gasteiger partial charge in [0.25, 0.3) is 0 Å². The topological polar surface area (TPSA) is 70.5 Å². The molecule has 6 heteroatoms. The minimum atomic E-state index is 0.111. The molecule has 0 unspecified atom stereocenters. The number of nitrogens with one attached hydrogen (secondary N) is 1. The van der Waals surface area contributed by atoms with Crippen LogP contribution in [0.5, 0.6) is 5.75 Å². The molecule has 0 amide bonds. The molecule has 0 saturated heterocycles. The predicted molar refractivity (Wildman–Crippen MR) is 84.1 cm³/mol. The number of aliphatic hydroxyl groups is 1. The number of nitrogens with zero attached hydrogens (tertiary/aromatic N) is 3. The van der Waals surface area contributed by atoms with Crippen LogP contribution in [0.3, 0.4) is 0 Å². The first-order chi connectivity index (χ1) is 10.3. The number of rotatable bonds is 7. The Bertz CT molecular complexity index is 436. The summed E-state index contributed by atoms with van der Waals surface area (Å²) in [7, 11) is 1.64. The molecule has 1 fully saturated rings. The standard InChI is InChI=1S/C15H26N4O2/c1-3-16-14-13(21-2)15(18-11-17-14)19(9-10-20)12-7-5-4-6-8-12/h11-12,20H,3-10H2,1-2H3,(H,16,17,18). The van der Waals surface area contributed by atoms with Crippen LogP contribution in [0.2, 0.25) is 0 Å². The van der Waals surface area contributed by atoms with Crippen LogP contribution < -0.4 is 15.0 Å². The molecule has 6 nitrogen and oxygen atoms in total. The van der Waals surface area contributed by atoms with Gasteiger partial charge in [-0.15, -0.1) is 0 Å². The average molecular weight is 294 g/mol. The minimum Gasteiger partial charge on any atom is -0.490 e.